The minimum absolute atomic E-state index is 0.166. The molecule has 8 heteroatoms. The standard InChI is InChI=1S/C23H17N3O2S2Te/c1-24-21(27)15(22(28)25(2)23(24)29)13-14-11-12-20(31-14)26-16-7-3-5-9-18(16)30-19-10-6-4-8-17(19)26/h3-13H,1-2H3. The molecule has 5 rings (SSSR count). The molecule has 3 aromatic rings. The van der Waals surface area contributed by atoms with Crippen molar-refractivity contribution < 1.29 is 9.59 Å². The second-order valence-corrected chi connectivity index (χ2v) is 11.7. The Labute approximate surface area is 199 Å². The van der Waals surface area contributed by atoms with Gasteiger partial charge in [0, 0.05) is 0 Å². The van der Waals surface area contributed by atoms with E-state index in [2.05, 4.69) is 59.5 Å². The fourth-order valence-electron chi connectivity index (χ4n) is 3.60. The minimum atomic E-state index is -0.804. The zero-order chi connectivity index (χ0) is 21.7. The topological polar surface area (TPSA) is 43.9 Å². The van der Waals surface area contributed by atoms with Crippen molar-refractivity contribution in [3.63, 3.8) is 0 Å². The van der Waals surface area contributed by atoms with Crippen molar-refractivity contribution in [1.82, 2.24) is 9.80 Å². The molecule has 5 nitrogen and oxygen atoms in total. The summed E-state index contributed by atoms with van der Waals surface area (Å²) in [5.74, 6) is -0.694. The Bertz CT molecular complexity index is 1210. The third-order valence-electron chi connectivity index (χ3n) is 5.20. The third-order valence-corrected chi connectivity index (χ3v) is 9.78. The molecule has 0 bridgehead atoms. The Balaban J connectivity index is 1.57. The first-order valence-corrected chi connectivity index (χ1v) is 13.1. The van der Waals surface area contributed by atoms with Gasteiger partial charge in [0.05, 0.1) is 0 Å². The number of nitrogens with zero attached hydrogens (tertiary/aromatic N) is 3. The molecule has 1 fully saturated rings. The first-order valence-electron chi connectivity index (χ1n) is 9.53. The van der Waals surface area contributed by atoms with Gasteiger partial charge >= 0.3 is 200 Å². The van der Waals surface area contributed by atoms with Gasteiger partial charge in [-0.05, 0) is 0 Å². The summed E-state index contributed by atoms with van der Waals surface area (Å²) in [6.45, 7) is 0. The van der Waals surface area contributed by atoms with E-state index >= 15 is 0 Å². The molecular formula is C23H17N3O2S2Te. The number of fused-ring (bicyclic) bond motifs is 2. The number of amides is 2. The van der Waals surface area contributed by atoms with Crippen LogP contribution in [-0.4, -0.2) is 61.3 Å². The summed E-state index contributed by atoms with van der Waals surface area (Å²) in [6.07, 6.45) is 1.75. The number of thiocarbonyl (C=S) groups is 1. The number of hydrogen-bond donors (Lipinski definition) is 0. The van der Waals surface area contributed by atoms with Gasteiger partial charge in [0.25, 0.3) is 0 Å². The van der Waals surface area contributed by atoms with Crippen LogP contribution in [0.4, 0.5) is 15.1 Å². The zero-order valence-corrected chi connectivity index (χ0v) is 20.7. The van der Waals surface area contributed by atoms with E-state index in [4.69, 9.17) is 12.2 Å². The van der Waals surface area contributed by atoms with Crippen molar-refractivity contribution in [2.24, 2.45) is 0 Å². The second-order valence-electron chi connectivity index (χ2n) is 7.12. The van der Waals surface area contributed by atoms with Crippen LogP contribution in [0.3, 0.4) is 0 Å². The normalized spacial score (nSPS) is 15.9. The molecular weight excluding hydrogens is 542 g/mol. The summed E-state index contributed by atoms with van der Waals surface area (Å²) in [4.78, 5) is 32.8. The SMILES string of the molecule is CN1C(=O)C(=Cc2ccc(N3c4ccccc4Sc4ccccc43)[te]2)C(=O)N(C)C1=S. The Kier molecular flexibility index (Phi) is 5.27. The van der Waals surface area contributed by atoms with E-state index in [0.717, 1.165) is 3.58 Å². The number of rotatable bonds is 2. The fourth-order valence-corrected chi connectivity index (χ4v) is 7.62. The number of carbonyl (C=O) groups excluding carboxylic acids is 2. The third kappa shape index (κ3) is 3.44. The van der Waals surface area contributed by atoms with Crippen LogP contribution in [0.5, 0.6) is 0 Å². The van der Waals surface area contributed by atoms with E-state index in [9.17, 15) is 9.59 Å². The molecule has 0 saturated carbocycles. The molecule has 31 heavy (non-hydrogen) atoms. The average molecular weight is 559 g/mol. The van der Waals surface area contributed by atoms with Crippen LogP contribution in [0.1, 0.15) is 3.58 Å². The Morgan fingerprint density at radius 2 is 1.39 bits per heavy atom. The summed E-state index contributed by atoms with van der Waals surface area (Å²) in [5.41, 5.74) is 2.50. The summed E-state index contributed by atoms with van der Waals surface area (Å²) in [6, 6.07) is 20.9. The molecule has 0 radical (unpaired) electrons. The average Bonchev–Trinajstić information content (AvgIpc) is 3.25. The van der Waals surface area contributed by atoms with Crippen molar-refractivity contribution in [2.75, 3.05) is 19.0 Å². The number of likely N-dealkylation sites (N-methyl/N-ethyl adjacent to an activating group) is 2. The zero-order valence-electron chi connectivity index (χ0n) is 16.7. The molecule has 2 aromatic carbocycles. The van der Waals surface area contributed by atoms with Crippen LogP contribution >= 0.6 is 24.0 Å². The van der Waals surface area contributed by atoms with Crippen molar-refractivity contribution in [3.05, 3.63) is 69.8 Å². The van der Waals surface area contributed by atoms with E-state index in [1.165, 1.54) is 34.7 Å². The first kappa shape index (κ1) is 20.5. The predicted molar refractivity (Wildman–Crippen MR) is 128 cm³/mol. The molecule has 154 valence electrons. The molecule has 0 N–H and O–H groups in total. The number of benzene rings is 2. The van der Waals surface area contributed by atoms with Crippen molar-refractivity contribution in [3.8, 4) is 0 Å². The quantitative estimate of drug-likeness (QED) is 0.159. The first-order chi connectivity index (χ1) is 15.0. The van der Waals surface area contributed by atoms with Gasteiger partial charge in [0.1, 0.15) is 0 Å². The van der Waals surface area contributed by atoms with Gasteiger partial charge in [-0.2, -0.15) is 0 Å². The van der Waals surface area contributed by atoms with Crippen molar-refractivity contribution in [1.29, 1.82) is 0 Å². The van der Waals surface area contributed by atoms with Gasteiger partial charge in [-0.3, -0.25) is 0 Å². The van der Waals surface area contributed by atoms with Crippen LogP contribution in [0, 0.1) is 0 Å². The number of hydrogen-bond acceptors (Lipinski definition) is 5. The van der Waals surface area contributed by atoms with Crippen LogP contribution in [0.25, 0.3) is 6.08 Å². The van der Waals surface area contributed by atoms with Crippen LogP contribution in [-0.2, 0) is 9.59 Å². The number of anilines is 3. The molecule has 1 aromatic heterocycles. The van der Waals surface area contributed by atoms with Gasteiger partial charge in [0.2, 0.25) is 0 Å². The molecule has 1 saturated heterocycles. The van der Waals surface area contributed by atoms with Gasteiger partial charge in [0.15, 0.2) is 0 Å². The number of para-hydroxylation sites is 2. The Morgan fingerprint density at radius 3 is 1.97 bits per heavy atom. The van der Waals surface area contributed by atoms with Crippen LogP contribution in [0.2, 0.25) is 0 Å². The molecule has 0 atom stereocenters. The second kappa shape index (κ2) is 7.95. The summed E-state index contributed by atoms with van der Waals surface area (Å²) in [5, 5.41) is 0.224. The van der Waals surface area contributed by atoms with Crippen molar-refractivity contribution in [2.45, 2.75) is 9.79 Å². The van der Waals surface area contributed by atoms with Crippen molar-refractivity contribution >= 4 is 82.5 Å². The Morgan fingerprint density at radius 1 is 0.839 bits per heavy atom. The number of carbonyl (C=O) groups is 2. The van der Waals surface area contributed by atoms with Crippen LogP contribution in [0.15, 0.2) is 76.0 Å². The van der Waals surface area contributed by atoms with E-state index in [1.54, 1.807) is 31.9 Å². The predicted octanol–water partition coefficient (Wildman–Crippen LogP) is 4.28. The molecule has 0 aliphatic carbocycles. The summed E-state index contributed by atoms with van der Waals surface area (Å²) < 4.78 is 2.27. The van der Waals surface area contributed by atoms with Gasteiger partial charge < -0.3 is 0 Å². The fraction of sp³-hybridized carbons (Fsp3) is 0.0870. The Hall–Kier alpha value is -2.37. The summed E-state index contributed by atoms with van der Waals surface area (Å²) in [7, 11) is 3.20. The molecule has 2 amide bonds. The molecule has 0 spiro atoms. The molecule has 2 aliphatic heterocycles. The van der Waals surface area contributed by atoms with E-state index in [1.807, 2.05) is 6.07 Å². The maximum absolute atomic E-state index is 12.7. The molecule has 3 heterocycles. The maximum atomic E-state index is 12.7. The molecule has 0 unspecified atom stereocenters. The summed E-state index contributed by atoms with van der Waals surface area (Å²) >= 11 is 6.15. The van der Waals surface area contributed by atoms with Crippen LogP contribution < -0.4 is 4.90 Å². The molecule has 2 aliphatic rings. The van der Waals surface area contributed by atoms with Gasteiger partial charge in [-0.1, -0.05) is 0 Å². The van der Waals surface area contributed by atoms with E-state index < -0.39 is 20.4 Å². The van der Waals surface area contributed by atoms with Gasteiger partial charge in [-0.25, -0.2) is 0 Å². The van der Waals surface area contributed by atoms with Gasteiger partial charge in [-0.15, -0.1) is 0 Å². The monoisotopic (exact) mass is 561 g/mol. The van der Waals surface area contributed by atoms with E-state index in [0.29, 0.717) is 0 Å². The van der Waals surface area contributed by atoms with E-state index in [-0.39, 0.29) is 22.5 Å².